The Balaban J connectivity index is 1.63. The molecule has 0 radical (unpaired) electrons. The van der Waals surface area contributed by atoms with Crippen LogP contribution in [0, 0.1) is 0 Å². The fraction of sp³-hybridized carbons (Fsp3) is 0.211. The molecule has 1 aromatic heterocycles. The summed E-state index contributed by atoms with van der Waals surface area (Å²) in [5.41, 5.74) is 1.19. The highest BCUT2D eigenvalue weighted by molar-refractivity contribution is 6.42. The molecular weight excluding hydrogens is 389 g/mol. The van der Waals surface area contributed by atoms with Crippen molar-refractivity contribution in [3.63, 3.8) is 0 Å². The molecule has 2 N–H and O–H groups in total. The van der Waals surface area contributed by atoms with Crippen LogP contribution >= 0.6 is 23.2 Å². The fourth-order valence-electron chi connectivity index (χ4n) is 2.09. The van der Waals surface area contributed by atoms with Crippen LogP contribution in [0.15, 0.2) is 54.9 Å². The summed E-state index contributed by atoms with van der Waals surface area (Å²) in [7, 11) is 0. The van der Waals surface area contributed by atoms with E-state index < -0.39 is 0 Å². The number of amides is 2. The van der Waals surface area contributed by atoms with Crippen molar-refractivity contribution in [2.24, 2.45) is 0 Å². The molecule has 0 unspecified atom stereocenters. The first-order valence-electron chi connectivity index (χ1n) is 8.16. The van der Waals surface area contributed by atoms with Crippen LogP contribution in [0.4, 0.5) is 0 Å². The van der Waals surface area contributed by atoms with Crippen molar-refractivity contribution in [2.45, 2.75) is 12.8 Å². The summed E-state index contributed by atoms with van der Waals surface area (Å²) in [5, 5.41) is 6.14. The van der Waals surface area contributed by atoms with Gasteiger partial charge >= 0.3 is 0 Å². The van der Waals surface area contributed by atoms with Gasteiger partial charge in [0.1, 0.15) is 5.75 Å². The summed E-state index contributed by atoms with van der Waals surface area (Å²) in [5.74, 6) is -0.0487. The quantitative estimate of drug-likeness (QED) is 0.668. The van der Waals surface area contributed by atoms with Gasteiger partial charge in [0.05, 0.1) is 16.5 Å². The normalized spacial score (nSPS) is 10.1. The number of benzene rings is 1. The maximum Gasteiger partial charge on any atom is 0.257 e. The minimum absolute atomic E-state index is 0.156. The third-order valence-electron chi connectivity index (χ3n) is 3.39. The Hall–Kier alpha value is -2.57. The molecule has 0 fully saturated rings. The molecule has 2 rings (SSSR count). The predicted molar refractivity (Wildman–Crippen MR) is 105 cm³/mol. The number of pyridine rings is 1. The zero-order chi connectivity index (χ0) is 19.6. The highest BCUT2D eigenvalue weighted by atomic mass is 35.5. The van der Waals surface area contributed by atoms with E-state index in [-0.39, 0.29) is 24.8 Å². The van der Waals surface area contributed by atoms with Gasteiger partial charge in [-0.1, -0.05) is 35.8 Å². The van der Waals surface area contributed by atoms with Gasteiger partial charge < -0.3 is 15.4 Å². The lowest BCUT2D eigenvalue weighted by atomic mass is 10.2. The highest BCUT2D eigenvalue weighted by Gasteiger charge is 2.07. The summed E-state index contributed by atoms with van der Waals surface area (Å²) >= 11 is 11.7. The topological polar surface area (TPSA) is 80.3 Å². The van der Waals surface area contributed by atoms with Gasteiger partial charge in [0, 0.05) is 36.6 Å². The molecule has 1 heterocycles. The second-order valence-corrected chi connectivity index (χ2v) is 6.43. The Morgan fingerprint density at radius 1 is 1.11 bits per heavy atom. The number of hydrogen-bond donors (Lipinski definition) is 2. The number of hydrogen-bond acceptors (Lipinski definition) is 4. The summed E-state index contributed by atoms with van der Waals surface area (Å²) in [6, 6.07) is 10.1. The van der Waals surface area contributed by atoms with Crippen LogP contribution in [0.3, 0.4) is 0 Å². The summed E-state index contributed by atoms with van der Waals surface area (Å²) in [4.78, 5) is 27.8. The van der Waals surface area contributed by atoms with E-state index in [1.165, 1.54) is 6.07 Å². The molecule has 8 heteroatoms. The van der Waals surface area contributed by atoms with Crippen LogP contribution in [0.2, 0.25) is 10.0 Å². The van der Waals surface area contributed by atoms with E-state index in [9.17, 15) is 9.59 Å². The molecule has 0 bridgehead atoms. The van der Waals surface area contributed by atoms with Crippen LogP contribution in [-0.4, -0.2) is 29.9 Å². The van der Waals surface area contributed by atoms with Crippen molar-refractivity contribution in [2.75, 3.05) is 13.2 Å². The van der Waals surface area contributed by atoms with Crippen LogP contribution in [-0.2, 0) is 16.0 Å². The number of carbonyl (C=O) groups is 2. The molecule has 0 spiro atoms. The Bertz CT molecular complexity index is 813. The summed E-state index contributed by atoms with van der Waals surface area (Å²) < 4.78 is 5.34. The van der Waals surface area contributed by atoms with Crippen molar-refractivity contribution in [3.05, 3.63) is 70.6 Å². The number of nitrogens with zero attached hydrogens (tertiary/aromatic N) is 1. The van der Waals surface area contributed by atoms with Crippen LogP contribution < -0.4 is 15.4 Å². The number of ether oxygens (including phenoxy) is 1. The zero-order valence-corrected chi connectivity index (χ0v) is 16.0. The molecule has 27 heavy (non-hydrogen) atoms. The third-order valence-corrected chi connectivity index (χ3v) is 4.13. The van der Waals surface area contributed by atoms with Crippen LogP contribution in [0.1, 0.15) is 12.1 Å². The van der Waals surface area contributed by atoms with Crippen molar-refractivity contribution in [1.82, 2.24) is 15.6 Å². The minimum atomic E-state index is -0.298. The van der Waals surface area contributed by atoms with Gasteiger partial charge in [0.15, 0.2) is 6.61 Å². The fourth-order valence-corrected chi connectivity index (χ4v) is 2.38. The Labute approximate surface area is 167 Å². The summed E-state index contributed by atoms with van der Waals surface area (Å²) in [6.45, 7) is 3.95. The van der Waals surface area contributed by atoms with Crippen molar-refractivity contribution < 1.29 is 14.3 Å². The van der Waals surface area contributed by atoms with Gasteiger partial charge in [0.25, 0.3) is 5.91 Å². The van der Waals surface area contributed by atoms with E-state index >= 15 is 0 Å². The number of nitrogens with one attached hydrogen (secondary N) is 2. The standard InChI is InChI=1S/C19H19Cl2N3O3/c1-13(24-18(25)10-14-4-2-3-8-22-14)7-9-23-19(26)12-27-15-5-6-16(20)17(21)11-15/h2-6,8,11H,1,7,9-10,12H2,(H,23,26)(H,24,25). The van der Waals surface area contributed by atoms with E-state index in [0.717, 1.165) is 0 Å². The molecule has 0 saturated heterocycles. The average Bonchev–Trinajstić information content (AvgIpc) is 2.63. The molecule has 142 valence electrons. The van der Waals surface area contributed by atoms with E-state index in [4.69, 9.17) is 27.9 Å². The van der Waals surface area contributed by atoms with Gasteiger partial charge in [-0.25, -0.2) is 0 Å². The van der Waals surface area contributed by atoms with E-state index in [0.29, 0.717) is 40.2 Å². The molecule has 0 aliphatic heterocycles. The molecule has 6 nitrogen and oxygen atoms in total. The molecule has 0 aliphatic rings. The van der Waals surface area contributed by atoms with Gasteiger partial charge in [-0.05, 0) is 24.3 Å². The van der Waals surface area contributed by atoms with Gasteiger partial charge in [-0.3, -0.25) is 14.6 Å². The first-order valence-corrected chi connectivity index (χ1v) is 8.91. The smallest absolute Gasteiger partial charge is 0.257 e. The Morgan fingerprint density at radius 3 is 2.63 bits per heavy atom. The lowest BCUT2D eigenvalue weighted by Crippen LogP contribution is -2.32. The molecule has 0 aliphatic carbocycles. The molecule has 2 aromatic rings. The average molecular weight is 408 g/mol. The third kappa shape index (κ3) is 7.68. The van der Waals surface area contributed by atoms with Gasteiger partial charge in [0.2, 0.25) is 5.91 Å². The maximum absolute atomic E-state index is 11.9. The second-order valence-electron chi connectivity index (χ2n) is 5.61. The highest BCUT2D eigenvalue weighted by Crippen LogP contribution is 2.26. The molecule has 2 amide bonds. The number of rotatable bonds is 9. The first kappa shape index (κ1) is 20.7. The minimum Gasteiger partial charge on any atom is -0.484 e. The Morgan fingerprint density at radius 2 is 1.93 bits per heavy atom. The molecule has 0 saturated carbocycles. The second kappa shape index (κ2) is 10.5. The van der Waals surface area contributed by atoms with Crippen LogP contribution in [0.5, 0.6) is 5.75 Å². The monoisotopic (exact) mass is 407 g/mol. The first-order chi connectivity index (χ1) is 12.9. The van der Waals surface area contributed by atoms with Gasteiger partial charge in [-0.2, -0.15) is 0 Å². The lowest BCUT2D eigenvalue weighted by Gasteiger charge is -2.10. The van der Waals surface area contributed by atoms with E-state index in [2.05, 4.69) is 22.2 Å². The molecule has 1 aromatic carbocycles. The zero-order valence-electron chi connectivity index (χ0n) is 14.5. The largest absolute Gasteiger partial charge is 0.484 e. The summed E-state index contributed by atoms with van der Waals surface area (Å²) in [6.07, 6.45) is 2.21. The maximum atomic E-state index is 11.9. The Kier molecular flexibility index (Phi) is 8.10. The van der Waals surface area contributed by atoms with Crippen molar-refractivity contribution in [1.29, 1.82) is 0 Å². The van der Waals surface area contributed by atoms with Crippen molar-refractivity contribution >= 4 is 35.0 Å². The number of carbonyl (C=O) groups excluding carboxylic acids is 2. The molecule has 0 atom stereocenters. The van der Waals surface area contributed by atoms with Gasteiger partial charge in [-0.15, -0.1) is 0 Å². The number of aromatic nitrogens is 1. The lowest BCUT2D eigenvalue weighted by molar-refractivity contribution is -0.123. The SMILES string of the molecule is C=C(CCNC(=O)COc1ccc(Cl)c(Cl)c1)NC(=O)Cc1ccccn1. The van der Waals surface area contributed by atoms with Crippen molar-refractivity contribution in [3.8, 4) is 5.75 Å². The van der Waals surface area contributed by atoms with E-state index in [1.54, 1.807) is 30.5 Å². The molecular formula is C19H19Cl2N3O3. The predicted octanol–water partition coefficient (Wildman–Crippen LogP) is 3.15. The number of halogens is 2. The van der Waals surface area contributed by atoms with Crippen LogP contribution in [0.25, 0.3) is 0 Å². The van der Waals surface area contributed by atoms with E-state index in [1.807, 2.05) is 6.07 Å².